The number of nitrogens with two attached hydrogens (primary N) is 1. The molecule has 0 spiro atoms. The van der Waals surface area contributed by atoms with Crippen LogP contribution in [0.4, 0.5) is 0 Å². The molecule has 0 heterocycles. The van der Waals surface area contributed by atoms with Gasteiger partial charge in [-0.1, -0.05) is 6.07 Å². The maximum Gasteiger partial charge on any atom is 1.00 e. The van der Waals surface area contributed by atoms with Crippen LogP contribution in [0.15, 0.2) is 18.2 Å². The second kappa shape index (κ2) is 5.97. The Bertz CT molecular complexity index is 356. The number of hydrogen-bond donors (Lipinski definition) is 3. The zero-order chi connectivity index (χ0) is 10.7. The van der Waals surface area contributed by atoms with Crippen molar-refractivity contribution in [2.45, 2.75) is 12.5 Å². The van der Waals surface area contributed by atoms with Crippen molar-refractivity contribution in [3.05, 3.63) is 23.8 Å². The second-order valence-electron chi connectivity index (χ2n) is 2.95. The van der Waals surface area contributed by atoms with E-state index in [4.69, 9.17) is 15.9 Å². The molecule has 0 fully saturated rings. The van der Waals surface area contributed by atoms with Gasteiger partial charge in [-0.2, -0.15) is 0 Å². The Morgan fingerprint density at radius 1 is 1.40 bits per heavy atom. The number of carbonyl (C=O) groups is 1. The van der Waals surface area contributed by atoms with Crippen molar-refractivity contribution in [3.8, 4) is 11.5 Å². The fourth-order valence-corrected chi connectivity index (χ4v) is 1.03. The van der Waals surface area contributed by atoms with Crippen molar-refractivity contribution in [1.82, 2.24) is 0 Å². The third-order valence-electron chi connectivity index (χ3n) is 1.80. The van der Waals surface area contributed by atoms with Crippen LogP contribution in [-0.4, -0.2) is 22.2 Å². The van der Waals surface area contributed by atoms with E-state index in [1.54, 1.807) is 0 Å². The summed E-state index contributed by atoms with van der Waals surface area (Å²) < 4.78 is 0. The van der Waals surface area contributed by atoms with E-state index in [1.807, 2.05) is 0 Å². The molecule has 0 bridgehead atoms. The summed E-state index contributed by atoms with van der Waals surface area (Å²) in [7, 11) is 0. The number of phenols is 2. The number of benzene rings is 1. The minimum absolute atomic E-state index is 0. The van der Waals surface area contributed by atoms with Crippen molar-refractivity contribution in [1.29, 1.82) is 0 Å². The number of hydrogen-bond acceptors (Lipinski definition) is 5. The number of phenolic OH excluding ortho intramolecular Hbond substituents is 2. The van der Waals surface area contributed by atoms with E-state index in [1.165, 1.54) is 18.2 Å². The summed E-state index contributed by atoms with van der Waals surface area (Å²) in [6.07, 6.45) is 0.0518. The summed E-state index contributed by atoms with van der Waals surface area (Å²) in [5, 5.41) is 28.4. The predicted molar refractivity (Wildman–Crippen MR) is 46.5 cm³/mol. The third-order valence-corrected chi connectivity index (χ3v) is 1.80. The van der Waals surface area contributed by atoms with Crippen LogP contribution in [0.5, 0.6) is 11.5 Å². The number of carbonyl (C=O) groups excluding carboxylic acids is 1. The number of carboxylic acids is 1. The Kier molecular flexibility index (Phi) is 5.67. The minimum atomic E-state index is -1.35. The van der Waals surface area contributed by atoms with E-state index in [0.717, 1.165) is 0 Å². The zero-order valence-corrected chi connectivity index (χ0v) is 10.3. The van der Waals surface area contributed by atoms with Gasteiger partial charge in [0.25, 0.3) is 0 Å². The van der Waals surface area contributed by atoms with Gasteiger partial charge in [0.05, 0.1) is 5.97 Å². The van der Waals surface area contributed by atoms with Crippen molar-refractivity contribution in [2.24, 2.45) is 5.73 Å². The zero-order valence-electron chi connectivity index (χ0n) is 8.30. The first kappa shape index (κ1) is 14.2. The second-order valence-corrected chi connectivity index (χ2v) is 2.95. The number of aromatic hydroxyl groups is 2. The van der Waals surface area contributed by atoms with Crippen LogP contribution in [0.3, 0.4) is 0 Å². The first-order valence-electron chi connectivity index (χ1n) is 3.98. The smallest absolute Gasteiger partial charge is 0.548 e. The number of aliphatic carboxylic acids is 1. The van der Waals surface area contributed by atoms with Crippen molar-refractivity contribution < 1.29 is 49.7 Å². The van der Waals surface area contributed by atoms with E-state index in [9.17, 15) is 9.90 Å². The van der Waals surface area contributed by atoms with Gasteiger partial charge in [0.2, 0.25) is 0 Å². The molecule has 15 heavy (non-hydrogen) atoms. The molecule has 0 saturated carbocycles. The maximum absolute atomic E-state index is 10.3. The molecule has 0 aliphatic rings. The first-order chi connectivity index (χ1) is 6.50. The summed E-state index contributed by atoms with van der Waals surface area (Å²) in [6.45, 7) is 0. The molecule has 0 aromatic heterocycles. The molecule has 0 aliphatic heterocycles. The Morgan fingerprint density at radius 2 is 2.00 bits per heavy atom. The summed E-state index contributed by atoms with van der Waals surface area (Å²) in [4.78, 5) is 10.3. The summed E-state index contributed by atoms with van der Waals surface area (Å²) in [6, 6.07) is 2.90. The number of carboxylic acid groups (broad SMARTS) is 1. The summed E-state index contributed by atoms with van der Waals surface area (Å²) in [5.41, 5.74) is 5.76. The molecule has 4 N–H and O–H groups in total. The van der Waals surface area contributed by atoms with Crippen LogP contribution in [0.2, 0.25) is 0 Å². The van der Waals surface area contributed by atoms with Crippen LogP contribution >= 0.6 is 0 Å². The third kappa shape index (κ3) is 4.09. The van der Waals surface area contributed by atoms with Crippen molar-refractivity contribution >= 4 is 5.97 Å². The van der Waals surface area contributed by atoms with Gasteiger partial charge in [-0.05, 0) is 24.1 Å². The fraction of sp³-hybridized carbons (Fsp3) is 0.222. The molecule has 0 amide bonds. The van der Waals surface area contributed by atoms with E-state index in [-0.39, 0.29) is 47.5 Å². The molecule has 1 aromatic carbocycles. The predicted octanol–water partition coefficient (Wildman–Crippen LogP) is -4.28. The van der Waals surface area contributed by atoms with Crippen LogP contribution in [0.1, 0.15) is 5.56 Å². The van der Waals surface area contributed by atoms with Gasteiger partial charge in [-0.3, -0.25) is 0 Å². The molecule has 1 rings (SSSR count). The van der Waals surface area contributed by atoms with Gasteiger partial charge in [-0.15, -0.1) is 0 Å². The van der Waals surface area contributed by atoms with Crippen molar-refractivity contribution in [2.75, 3.05) is 0 Å². The maximum atomic E-state index is 10.3. The van der Waals surface area contributed by atoms with Crippen LogP contribution in [0.25, 0.3) is 0 Å². The van der Waals surface area contributed by atoms with E-state index in [2.05, 4.69) is 0 Å². The fourth-order valence-electron chi connectivity index (χ4n) is 1.03. The van der Waals surface area contributed by atoms with Gasteiger partial charge in [0.15, 0.2) is 11.5 Å². The monoisotopic (exact) mass is 219 g/mol. The average molecular weight is 219 g/mol. The van der Waals surface area contributed by atoms with Crippen molar-refractivity contribution in [3.63, 3.8) is 0 Å². The average Bonchev–Trinajstić information content (AvgIpc) is 2.11. The summed E-state index contributed by atoms with van der Waals surface area (Å²) >= 11 is 0. The summed E-state index contributed by atoms with van der Waals surface area (Å²) in [5.74, 6) is -1.90. The molecule has 5 nitrogen and oxygen atoms in total. The number of rotatable bonds is 3. The molecule has 0 saturated heterocycles. The normalized spacial score (nSPS) is 11.5. The Morgan fingerprint density at radius 3 is 2.47 bits per heavy atom. The molecule has 0 aliphatic carbocycles. The Balaban J connectivity index is 0.00000196. The molecule has 0 radical (unpaired) electrons. The molecular weight excluding hydrogens is 209 g/mol. The molecule has 6 heteroatoms. The molecule has 76 valence electrons. The van der Waals surface area contributed by atoms with Gasteiger partial charge in [0, 0.05) is 6.04 Å². The van der Waals surface area contributed by atoms with Gasteiger partial charge < -0.3 is 25.8 Å². The Labute approximate surface area is 109 Å². The van der Waals surface area contributed by atoms with Gasteiger partial charge in [-0.25, -0.2) is 0 Å². The SMILES string of the molecule is NC(Cc1ccc(O)c(O)c1)C(=O)[O-].[Na+]. The molecular formula is C9H10NNaO4. The van der Waals surface area contributed by atoms with E-state index < -0.39 is 12.0 Å². The Hall–Kier alpha value is -0.750. The molecule has 1 aromatic rings. The van der Waals surface area contributed by atoms with Gasteiger partial charge in [0.1, 0.15) is 0 Å². The topological polar surface area (TPSA) is 107 Å². The quantitative estimate of drug-likeness (QED) is 0.352. The molecule has 1 unspecified atom stereocenters. The van der Waals surface area contributed by atoms with Crippen LogP contribution in [0, 0.1) is 0 Å². The van der Waals surface area contributed by atoms with E-state index >= 15 is 0 Å². The first-order valence-corrected chi connectivity index (χ1v) is 3.98. The minimum Gasteiger partial charge on any atom is -0.548 e. The van der Waals surface area contributed by atoms with Crippen LogP contribution < -0.4 is 40.4 Å². The standard InChI is InChI=1S/C9H11NO4.Na/c10-6(9(13)14)3-5-1-2-7(11)8(12)4-5;/h1-2,4,6,11-12H,3,10H2,(H,13,14);/q;+1/p-1. The molecule has 1 atom stereocenters. The van der Waals surface area contributed by atoms with Crippen LogP contribution in [-0.2, 0) is 11.2 Å². The van der Waals surface area contributed by atoms with E-state index in [0.29, 0.717) is 5.56 Å². The largest absolute Gasteiger partial charge is 1.00 e. The van der Waals surface area contributed by atoms with Gasteiger partial charge >= 0.3 is 29.6 Å².